The normalized spacial score (nSPS) is 10.1. The third kappa shape index (κ3) is 4.37. The molecule has 1 N–H and O–H groups in total. The van der Waals surface area contributed by atoms with Gasteiger partial charge in [0.25, 0.3) is 5.91 Å². The van der Waals surface area contributed by atoms with Gasteiger partial charge in [-0.1, -0.05) is 23.2 Å². The zero-order chi connectivity index (χ0) is 16.1. The Morgan fingerprint density at radius 1 is 1.23 bits per heavy atom. The second-order valence-corrected chi connectivity index (χ2v) is 6.20. The van der Waals surface area contributed by atoms with E-state index < -0.39 is 18.5 Å². The fourth-order valence-corrected chi connectivity index (χ4v) is 2.76. The summed E-state index contributed by atoms with van der Waals surface area (Å²) in [6, 6.07) is 7.92. The van der Waals surface area contributed by atoms with Gasteiger partial charge in [-0.05, 0) is 30.3 Å². The van der Waals surface area contributed by atoms with Gasteiger partial charge in [0.1, 0.15) is 10.6 Å². The van der Waals surface area contributed by atoms with E-state index in [0.29, 0.717) is 25.7 Å². The largest absolute Gasteiger partial charge is 0.495 e. The predicted octanol–water partition coefficient (Wildman–Crippen LogP) is 3.86. The minimum atomic E-state index is -0.597. The number of hydrogen-bond donors (Lipinski definition) is 1. The van der Waals surface area contributed by atoms with Crippen LogP contribution in [0.3, 0.4) is 0 Å². The zero-order valence-electron chi connectivity index (χ0n) is 11.4. The van der Waals surface area contributed by atoms with Crippen molar-refractivity contribution in [2.24, 2.45) is 0 Å². The molecule has 1 aromatic heterocycles. The summed E-state index contributed by atoms with van der Waals surface area (Å²) < 4.78 is 10.4. The second-order valence-electron chi connectivity index (χ2n) is 4.08. The van der Waals surface area contributed by atoms with Crippen LogP contribution in [0.5, 0.6) is 5.75 Å². The number of methoxy groups -OCH3 is 1. The molecule has 0 aliphatic heterocycles. The molecule has 2 aromatic rings. The van der Waals surface area contributed by atoms with Gasteiger partial charge >= 0.3 is 5.97 Å². The maximum absolute atomic E-state index is 11.7. The smallest absolute Gasteiger partial charge is 0.348 e. The third-order valence-corrected chi connectivity index (χ3v) is 4.05. The monoisotopic (exact) mass is 359 g/mol. The van der Waals surface area contributed by atoms with E-state index in [2.05, 4.69) is 5.32 Å². The van der Waals surface area contributed by atoms with Crippen LogP contribution in [0.15, 0.2) is 30.3 Å². The van der Waals surface area contributed by atoms with E-state index in [-0.39, 0.29) is 0 Å². The number of carbonyl (C=O) groups is 2. The van der Waals surface area contributed by atoms with Crippen LogP contribution in [0.25, 0.3) is 0 Å². The Kier molecular flexibility index (Phi) is 5.65. The Bertz CT molecular complexity index is 702. The summed E-state index contributed by atoms with van der Waals surface area (Å²) >= 11 is 12.8. The Hall–Kier alpha value is -1.76. The summed E-state index contributed by atoms with van der Waals surface area (Å²) in [5.41, 5.74) is 0.478. The number of benzene rings is 1. The fraction of sp³-hybridized carbons (Fsp3) is 0.143. The van der Waals surface area contributed by atoms with Gasteiger partial charge in [-0.25, -0.2) is 4.79 Å². The molecule has 0 aliphatic carbocycles. The van der Waals surface area contributed by atoms with E-state index >= 15 is 0 Å². The molecule has 8 heteroatoms. The minimum absolute atomic E-state index is 0.338. The molecule has 1 aromatic carbocycles. The maximum Gasteiger partial charge on any atom is 0.348 e. The first-order valence-corrected chi connectivity index (χ1v) is 7.62. The number of amides is 1. The topological polar surface area (TPSA) is 64.6 Å². The predicted molar refractivity (Wildman–Crippen MR) is 86.2 cm³/mol. The molecule has 0 saturated heterocycles. The lowest BCUT2D eigenvalue weighted by atomic mass is 10.3. The van der Waals surface area contributed by atoms with Crippen molar-refractivity contribution in [2.45, 2.75) is 0 Å². The first kappa shape index (κ1) is 16.6. The molecule has 0 atom stereocenters. The molecule has 22 heavy (non-hydrogen) atoms. The quantitative estimate of drug-likeness (QED) is 0.823. The molecule has 5 nitrogen and oxygen atoms in total. The second kappa shape index (κ2) is 7.49. The molecule has 0 spiro atoms. The molecule has 0 bridgehead atoms. The summed E-state index contributed by atoms with van der Waals surface area (Å²) in [7, 11) is 1.50. The minimum Gasteiger partial charge on any atom is -0.495 e. The Labute approximate surface area is 140 Å². The highest BCUT2D eigenvalue weighted by molar-refractivity contribution is 7.17. The summed E-state index contributed by atoms with van der Waals surface area (Å²) in [5.74, 6) is -0.572. The van der Waals surface area contributed by atoms with Crippen LogP contribution in [0, 0.1) is 0 Å². The Morgan fingerprint density at radius 2 is 2.00 bits per heavy atom. The Morgan fingerprint density at radius 3 is 2.59 bits per heavy atom. The van der Waals surface area contributed by atoms with Crippen molar-refractivity contribution in [3.63, 3.8) is 0 Å². The number of ether oxygens (including phenoxy) is 2. The molecular formula is C14H11Cl2NO4S. The van der Waals surface area contributed by atoms with Crippen molar-refractivity contribution >= 4 is 52.1 Å². The van der Waals surface area contributed by atoms with Gasteiger partial charge in [0, 0.05) is 5.69 Å². The molecule has 0 saturated carbocycles. The first-order chi connectivity index (χ1) is 10.5. The van der Waals surface area contributed by atoms with Crippen molar-refractivity contribution in [3.8, 4) is 5.75 Å². The lowest BCUT2D eigenvalue weighted by Gasteiger charge is -2.08. The van der Waals surface area contributed by atoms with Crippen molar-refractivity contribution < 1.29 is 19.1 Å². The van der Waals surface area contributed by atoms with Crippen LogP contribution in [-0.2, 0) is 9.53 Å². The van der Waals surface area contributed by atoms with E-state index in [1.807, 2.05) is 0 Å². The van der Waals surface area contributed by atoms with E-state index in [9.17, 15) is 9.59 Å². The third-order valence-electron chi connectivity index (χ3n) is 2.54. The van der Waals surface area contributed by atoms with E-state index in [0.717, 1.165) is 11.3 Å². The van der Waals surface area contributed by atoms with Crippen LogP contribution < -0.4 is 10.1 Å². The van der Waals surface area contributed by atoms with Crippen molar-refractivity contribution in [1.82, 2.24) is 0 Å². The lowest BCUT2D eigenvalue weighted by molar-refractivity contribution is -0.119. The van der Waals surface area contributed by atoms with Crippen LogP contribution in [0.2, 0.25) is 9.36 Å². The number of halogens is 2. The van der Waals surface area contributed by atoms with Crippen LogP contribution in [0.1, 0.15) is 9.67 Å². The van der Waals surface area contributed by atoms with Gasteiger partial charge in [0.2, 0.25) is 0 Å². The molecule has 116 valence electrons. The average Bonchev–Trinajstić information content (AvgIpc) is 2.91. The van der Waals surface area contributed by atoms with Crippen molar-refractivity contribution in [1.29, 1.82) is 0 Å². The first-order valence-electron chi connectivity index (χ1n) is 6.05. The number of thiophene rings is 1. The maximum atomic E-state index is 11.7. The summed E-state index contributed by atoms with van der Waals surface area (Å²) in [4.78, 5) is 23.7. The van der Waals surface area contributed by atoms with Gasteiger partial charge in [-0.15, -0.1) is 11.3 Å². The van der Waals surface area contributed by atoms with Gasteiger partial charge in [0.05, 0.1) is 16.5 Å². The van der Waals surface area contributed by atoms with Crippen LogP contribution >= 0.6 is 34.5 Å². The summed E-state index contributed by atoms with van der Waals surface area (Å²) in [5, 5.41) is 2.93. The van der Waals surface area contributed by atoms with Crippen LogP contribution in [0.4, 0.5) is 5.69 Å². The van der Waals surface area contributed by atoms with E-state index in [1.165, 1.54) is 13.2 Å². The van der Waals surface area contributed by atoms with Gasteiger partial charge in [-0.2, -0.15) is 0 Å². The molecule has 1 amide bonds. The highest BCUT2D eigenvalue weighted by atomic mass is 35.5. The molecule has 2 rings (SSSR count). The number of carbonyl (C=O) groups excluding carboxylic acids is 2. The van der Waals surface area contributed by atoms with Crippen molar-refractivity contribution in [2.75, 3.05) is 19.0 Å². The summed E-state index contributed by atoms with van der Waals surface area (Å²) in [6.45, 7) is -0.405. The van der Waals surface area contributed by atoms with E-state index in [4.69, 9.17) is 32.7 Å². The standard InChI is InChI=1S/C14H11Cl2NO4S/c1-20-10-3-2-8(6-9(10)15)17-13(18)7-21-14(19)11-4-5-12(16)22-11/h2-6H,7H2,1H3,(H,17,18). The average molecular weight is 360 g/mol. The van der Waals surface area contributed by atoms with Gasteiger partial charge < -0.3 is 14.8 Å². The lowest BCUT2D eigenvalue weighted by Crippen LogP contribution is -2.20. The van der Waals surface area contributed by atoms with E-state index in [1.54, 1.807) is 24.3 Å². The number of hydrogen-bond acceptors (Lipinski definition) is 5. The molecule has 1 heterocycles. The highest BCUT2D eigenvalue weighted by Gasteiger charge is 2.13. The Balaban J connectivity index is 1.88. The number of rotatable bonds is 5. The molecular weight excluding hydrogens is 349 g/mol. The number of anilines is 1. The molecule has 0 fully saturated rings. The van der Waals surface area contributed by atoms with Crippen molar-refractivity contribution in [3.05, 3.63) is 44.6 Å². The summed E-state index contributed by atoms with van der Waals surface area (Å²) in [6.07, 6.45) is 0. The fourth-order valence-electron chi connectivity index (χ4n) is 1.57. The molecule has 0 unspecified atom stereocenters. The zero-order valence-corrected chi connectivity index (χ0v) is 13.7. The number of esters is 1. The number of nitrogens with one attached hydrogen (secondary N) is 1. The highest BCUT2D eigenvalue weighted by Crippen LogP contribution is 2.27. The molecule has 0 aliphatic rings. The van der Waals surface area contributed by atoms with Gasteiger partial charge in [0.15, 0.2) is 6.61 Å². The van der Waals surface area contributed by atoms with Gasteiger partial charge in [-0.3, -0.25) is 4.79 Å². The SMILES string of the molecule is COc1ccc(NC(=O)COC(=O)c2ccc(Cl)s2)cc1Cl. The molecule has 0 radical (unpaired) electrons. The van der Waals surface area contributed by atoms with Crippen LogP contribution in [-0.4, -0.2) is 25.6 Å².